The fourth-order valence-electron chi connectivity index (χ4n) is 3.45. The van der Waals surface area contributed by atoms with Crippen molar-refractivity contribution in [2.75, 3.05) is 0 Å². The van der Waals surface area contributed by atoms with E-state index in [1.165, 1.54) is 0 Å². The predicted octanol–water partition coefficient (Wildman–Crippen LogP) is 7.33. The van der Waals surface area contributed by atoms with Crippen molar-refractivity contribution in [2.24, 2.45) is 0 Å². The van der Waals surface area contributed by atoms with Crippen LogP contribution in [0.4, 0.5) is 0 Å². The van der Waals surface area contributed by atoms with E-state index in [1.807, 2.05) is 42.5 Å². The van der Waals surface area contributed by atoms with Crippen LogP contribution < -0.4 is 10.6 Å². The predicted molar refractivity (Wildman–Crippen MR) is 146 cm³/mol. The summed E-state index contributed by atoms with van der Waals surface area (Å²) in [6.45, 7) is 0.461. The summed E-state index contributed by atoms with van der Waals surface area (Å²) in [4.78, 5) is 17.2. The fraction of sp³-hybridized carbons (Fsp3) is 0.0385. The molecule has 0 aliphatic carbocycles. The van der Waals surface area contributed by atoms with Gasteiger partial charge in [-0.3, -0.25) is 10.1 Å². The lowest BCUT2D eigenvalue weighted by Crippen LogP contribution is -2.38. The van der Waals surface area contributed by atoms with Gasteiger partial charge in [0.15, 0.2) is 10.9 Å². The van der Waals surface area contributed by atoms with E-state index in [0.717, 1.165) is 26.4 Å². The topological polar surface area (TPSA) is 67.2 Å². The number of nitrogens with zero attached hydrogens (tertiary/aromatic N) is 1. The number of thiocarbonyl (C=S) groups is 1. The molecule has 2 N–H and O–H groups in total. The molecule has 5 aromatic rings. The van der Waals surface area contributed by atoms with Crippen LogP contribution in [0.5, 0.6) is 0 Å². The van der Waals surface area contributed by atoms with Crippen LogP contribution in [-0.2, 0) is 6.54 Å². The first-order chi connectivity index (χ1) is 17.0. The molecule has 174 valence electrons. The molecule has 1 amide bonds. The monoisotopic (exact) mass is 537 g/mol. The highest BCUT2D eigenvalue weighted by Gasteiger charge is 2.15. The number of benzene rings is 3. The second-order valence-corrected chi connectivity index (χ2v) is 9.89. The number of hydrogen-bond donors (Lipinski definition) is 2. The molecule has 5 nitrogen and oxygen atoms in total. The summed E-state index contributed by atoms with van der Waals surface area (Å²) in [7, 11) is 0. The van der Waals surface area contributed by atoms with Gasteiger partial charge in [0, 0.05) is 22.7 Å². The quantitative estimate of drug-likeness (QED) is 0.229. The van der Waals surface area contributed by atoms with Crippen molar-refractivity contribution >= 4 is 68.0 Å². The molecule has 0 saturated carbocycles. The first-order valence-corrected chi connectivity index (χ1v) is 12.5. The van der Waals surface area contributed by atoms with E-state index in [4.69, 9.17) is 44.8 Å². The standard InChI is InChI=1S/C26H17Cl2N3O2S2/c27-17-9-10-18(19(28)13-17)21-11-12-22(33-21)24(32)31-26(34)29-14-15-5-7-16(8-6-15)25-30-20-3-1-2-4-23(20)35-25/h1-13H,14H2,(H2,29,31,32,34). The molecule has 0 spiro atoms. The van der Waals surface area contributed by atoms with Gasteiger partial charge in [-0.05, 0) is 60.2 Å². The molecule has 0 aliphatic heterocycles. The Kier molecular flexibility index (Phi) is 6.83. The Hall–Kier alpha value is -3.23. The zero-order valence-corrected chi connectivity index (χ0v) is 21.2. The molecule has 2 aromatic heterocycles. The van der Waals surface area contributed by atoms with Crippen LogP contribution in [0.3, 0.4) is 0 Å². The van der Waals surface area contributed by atoms with Gasteiger partial charge in [-0.1, -0.05) is 59.6 Å². The van der Waals surface area contributed by atoms with E-state index in [2.05, 4.69) is 16.7 Å². The van der Waals surface area contributed by atoms with Crippen molar-refractivity contribution in [3.8, 4) is 21.9 Å². The first-order valence-electron chi connectivity index (χ1n) is 10.6. The zero-order chi connectivity index (χ0) is 24.4. The molecule has 0 saturated heterocycles. The number of thiazole rings is 1. The summed E-state index contributed by atoms with van der Waals surface area (Å²) in [5.74, 6) is 0.129. The van der Waals surface area contributed by atoms with Crippen LogP contribution in [0.1, 0.15) is 16.1 Å². The summed E-state index contributed by atoms with van der Waals surface area (Å²) >= 11 is 19.1. The van der Waals surface area contributed by atoms with E-state index >= 15 is 0 Å². The lowest BCUT2D eigenvalue weighted by molar-refractivity contribution is 0.0950. The minimum Gasteiger partial charge on any atom is -0.451 e. The number of amides is 1. The van der Waals surface area contributed by atoms with Crippen LogP contribution in [0.15, 0.2) is 83.3 Å². The number of aromatic nitrogens is 1. The number of para-hydroxylation sites is 1. The maximum absolute atomic E-state index is 12.5. The minimum absolute atomic E-state index is 0.121. The van der Waals surface area contributed by atoms with Crippen molar-refractivity contribution < 1.29 is 9.21 Å². The second kappa shape index (κ2) is 10.2. The van der Waals surface area contributed by atoms with Gasteiger partial charge in [0.05, 0.1) is 15.2 Å². The van der Waals surface area contributed by atoms with Gasteiger partial charge >= 0.3 is 0 Å². The number of furan rings is 1. The number of halogens is 2. The van der Waals surface area contributed by atoms with Crippen LogP contribution in [0.2, 0.25) is 10.0 Å². The summed E-state index contributed by atoms with van der Waals surface area (Å²) in [6, 6.07) is 24.5. The average Bonchev–Trinajstić information content (AvgIpc) is 3.51. The van der Waals surface area contributed by atoms with E-state index < -0.39 is 5.91 Å². The molecule has 0 unspecified atom stereocenters. The van der Waals surface area contributed by atoms with Gasteiger partial charge in [0.1, 0.15) is 10.8 Å². The van der Waals surface area contributed by atoms with E-state index in [9.17, 15) is 4.79 Å². The van der Waals surface area contributed by atoms with Crippen molar-refractivity contribution in [2.45, 2.75) is 6.54 Å². The number of nitrogens with one attached hydrogen (secondary N) is 2. The van der Waals surface area contributed by atoms with Crippen molar-refractivity contribution in [3.05, 3.63) is 100 Å². The number of carbonyl (C=O) groups is 1. The Morgan fingerprint density at radius 1 is 1.00 bits per heavy atom. The second-order valence-electron chi connectivity index (χ2n) is 7.61. The van der Waals surface area contributed by atoms with Gasteiger partial charge in [0.2, 0.25) is 0 Å². The van der Waals surface area contributed by atoms with E-state index in [0.29, 0.717) is 27.9 Å². The highest BCUT2D eigenvalue weighted by molar-refractivity contribution is 7.80. The number of fused-ring (bicyclic) bond motifs is 1. The Labute approximate surface area is 220 Å². The molecule has 0 fully saturated rings. The van der Waals surface area contributed by atoms with Crippen LogP contribution in [-0.4, -0.2) is 16.0 Å². The fourth-order valence-corrected chi connectivity index (χ4v) is 5.08. The third kappa shape index (κ3) is 5.39. The number of carbonyl (C=O) groups excluding carboxylic acids is 1. The van der Waals surface area contributed by atoms with Gasteiger partial charge in [0.25, 0.3) is 5.91 Å². The molecule has 35 heavy (non-hydrogen) atoms. The lowest BCUT2D eigenvalue weighted by Gasteiger charge is -2.09. The smallest absolute Gasteiger partial charge is 0.293 e. The number of hydrogen-bond acceptors (Lipinski definition) is 5. The van der Waals surface area contributed by atoms with Crippen molar-refractivity contribution in [3.63, 3.8) is 0 Å². The van der Waals surface area contributed by atoms with E-state index in [1.54, 1.807) is 41.7 Å². The molecular formula is C26H17Cl2N3O2S2. The molecule has 0 radical (unpaired) electrons. The Bertz CT molecular complexity index is 1510. The zero-order valence-electron chi connectivity index (χ0n) is 18.0. The molecular weight excluding hydrogens is 521 g/mol. The molecule has 0 aliphatic rings. The van der Waals surface area contributed by atoms with Crippen molar-refractivity contribution in [1.29, 1.82) is 0 Å². The summed E-state index contributed by atoms with van der Waals surface area (Å²) in [5, 5.41) is 7.81. The van der Waals surface area contributed by atoms with Crippen LogP contribution in [0, 0.1) is 0 Å². The minimum atomic E-state index is -0.454. The first kappa shape index (κ1) is 23.5. The average molecular weight is 538 g/mol. The molecule has 0 atom stereocenters. The van der Waals surface area contributed by atoms with Gasteiger partial charge < -0.3 is 9.73 Å². The van der Waals surface area contributed by atoms with Gasteiger partial charge in [-0.2, -0.15) is 0 Å². The molecule has 5 rings (SSSR count). The summed E-state index contributed by atoms with van der Waals surface area (Å²) in [6.07, 6.45) is 0. The Morgan fingerprint density at radius 3 is 2.57 bits per heavy atom. The largest absolute Gasteiger partial charge is 0.451 e. The van der Waals surface area contributed by atoms with Gasteiger partial charge in [-0.25, -0.2) is 4.98 Å². The van der Waals surface area contributed by atoms with Crippen LogP contribution >= 0.6 is 46.8 Å². The third-order valence-corrected chi connectivity index (χ3v) is 7.08. The number of rotatable bonds is 5. The normalized spacial score (nSPS) is 10.9. The molecule has 3 aromatic carbocycles. The van der Waals surface area contributed by atoms with E-state index in [-0.39, 0.29) is 10.9 Å². The highest BCUT2D eigenvalue weighted by atomic mass is 35.5. The van der Waals surface area contributed by atoms with Crippen molar-refractivity contribution in [1.82, 2.24) is 15.6 Å². The highest BCUT2D eigenvalue weighted by Crippen LogP contribution is 2.32. The van der Waals surface area contributed by atoms with Gasteiger partial charge in [-0.15, -0.1) is 11.3 Å². The Balaban J connectivity index is 1.17. The SMILES string of the molecule is O=C(NC(=S)NCc1ccc(-c2nc3ccccc3s2)cc1)c1ccc(-c2ccc(Cl)cc2Cl)o1. The summed E-state index contributed by atoms with van der Waals surface area (Å²) < 4.78 is 6.82. The molecule has 9 heteroatoms. The van der Waals surface area contributed by atoms with Crippen LogP contribution in [0.25, 0.3) is 32.1 Å². The molecule has 2 heterocycles. The molecule has 0 bridgehead atoms. The third-order valence-electron chi connectivity index (χ3n) is 5.20. The lowest BCUT2D eigenvalue weighted by atomic mass is 10.1. The maximum atomic E-state index is 12.5. The summed E-state index contributed by atoms with van der Waals surface area (Å²) in [5.41, 5.74) is 3.72. The Morgan fingerprint density at radius 2 is 1.80 bits per heavy atom. The maximum Gasteiger partial charge on any atom is 0.293 e.